The molecule has 10 nitrogen and oxygen atoms in total. The molecule has 42 heavy (non-hydrogen) atoms. The highest BCUT2D eigenvalue weighted by atomic mass is 35.5. The monoisotopic (exact) mass is 588 g/mol. The number of benzene rings is 2. The predicted octanol–water partition coefficient (Wildman–Crippen LogP) is 3.87. The van der Waals surface area contributed by atoms with Crippen LogP contribution in [0.4, 0.5) is 5.69 Å². The highest BCUT2D eigenvalue weighted by Gasteiger charge is 2.19. The molecule has 5 rings (SSSR count). The van der Waals surface area contributed by atoms with Gasteiger partial charge in [0.2, 0.25) is 5.88 Å². The Balaban J connectivity index is 1.40. The topological polar surface area (TPSA) is 130 Å². The molecule has 1 aliphatic heterocycles. The fourth-order valence-corrected chi connectivity index (χ4v) is 5.49. The van der Waals surface area contributed by atoms with Gasteiger partial charge in [-0.25, -0.2) is 9.78 Å². The van der Waals surface area contributed by atoms with Gasteiger partial charge in [0.15, 0.2) is 0 Å². The van der Waals surface area contributed by atoms with Gasteiger partial charge in [-0.15, -0.1) is 0 Å². The van der Waals surface area contributed by atoms with Gasteiger partial charge >= 0.3 is 5.69 Å². The zero-order chi connectivity index (χ0) is 29.8. The average Bonchev–Trinajstić information content (AvgIpc) is 3.51. The van der Waals surface area contributed by atoms with Gasteiger partial charge in [0, 0.05) is 54.8 Å². The number of aromatic amines is 1. The molecule has 11 heteroatoms. The highest BCUT2D eigenvalue weighted by Crippen LogP contribution is 2.39. The normalized spacial score (nSPS) is 14.6. The maximum atomic E-state index is 12.9. The summed E-state index contributed by atoms with van der Waals surface area (Å²) in [6.07, 6.45) is 3.51. The molecule has 4 aromatic rings. The first kappa shape index (κ1) is 29.2. The van der Waals surface area contributed by atoms with Crippen molar-refractivity contribution in [1.29, 1.82) is 0 Å². The molecule has 0 saturated carbocycles. The van der Waals surface area contributed by atoms with E-state index in [0.717, 1.165) is 51.7 Å². The second-order valence-corrected chi connectivity index (χ2v) is 10.6. The Morgan fingerprint density at radius 1 is 1.12 bits per heavy atom. The van der Waals surface area contributed by atoms with Crippen LogP contribution in [-0.4, -0.2) is 46.7 Å². The number of nitrogens with one attached hydrogen (secondary N) is 4. The zero-order valence-electron chi connectivity index (χ0n) is 23.7. The lowest BCUT2D eigenvalue weighted by Crippen LogP contribution is -2.37. The molecule has 1 atom stereocenters. The van der Waals surface area contributed by atoms with Crippen molar-refractivity contribution in [3.8, 4) is 28.3 Å². The third-order valence-electron chi connectivity index (χ3n) is 7.57. The largest absolute Gasteiger partial charge is 0.481 e. The van der Waals surface area contributed by atoms with Crippen LogP contribution >= 0.6 is 11.6 Å². The Labute approximate surface area is 248 Å². The van der Waals surface area contributed by atoms with E-state index in [2.05, 4.69) is 20.9 Å². The minimum Gasteiger partial charge on any atom is -0.481 e. The maximum absolute atomic E-state index is 12.9. The Morgan fingerprint density at radius 3 is 2.64 bits per heavy atom. The molecule has 0 radical (unpaired) electrons. The number of H-pyrrole nitrogens is 1. The molecule has 218 valence electrons. The summed E-state index contributed by atoms with van der Waals surface area (Å²) in [5.74, 6) is -0.0903. The SMILES string of the molecule is COc1nc(-c2cccc(-c3cccc(NC(=O)c4c[nH]c(=O)n(C)c4=O)c3C)c2Cl)ccc1CNC[C@@H]1CCCN1. The number of pyridine rings is 1. The summed E-state index contributed by atoms with van der Waals surface area (Å²) in [6.45, 7) is 4.47. The first-order chi connectivity index (χ1) is 20.3. The van der Waals surface area contributed by atoms with Crippen molar-refractivity contribution in [2.45, 2.75) is 32.4 Å². The van der Waals surface area contributed by atoms with Gasteiger partial charge in [-0.2, -0.15) is 0 Å². The number of aromatic nitrogens is 3. The second kappa shape index (κ2) is 12.7. The van der Waals surface area contributed by atoms with Crippen molar-refractivity contribution in [2.24, 2.45) is 7.05 Å². The Morgan fingerprint density at radius 2 is 1.88 bits per heavy atom. The van der Waals surface area contributed by atoms with E-state index in [1.54, 1.807) is 19.2 Å². The van der Waals surface area contributed by atoms with Crippen LogP contribution in [-0.2, 0) is 13.6 Å². The van der Waals surface area contributed by atoms with E-state index in [0.29, 0.717) is 34.9 Å². The van der Waals surface area contributed by atoms with E-state index in [1.807, 2.05) is 43.3 Å². The number of carbonyl (C=O) groups excluding carboxylic acids is 1. The van der Waals surface area contributed by atoms with Crippen LogP contribution in [0, 0.1) is 6.92 Å². The van der Waals surface area contributed by atoms with Gasteiger partial charge < -0.3 is 25.7 Å². The van der Waals surface area contributed by atoms with Crippen molar-refractivity contribution in [2.75, 3.05) is 25.5 Å². The molecular weight excluding hydrogens is 556 g/mol. The summed E-state index contributed by atoms with van der Waals surface area (Å²) in [6, 6.07) is 15.6. The maximum Gasteiger partial charge on any atom is 0.328 e. The standard InChI is InChI=1S/C31H33ClN6O4/c1-18-21(8-5-11-25(18)36-28(39)24-17-35-31(41)38(2)30(24)40)22-9-4-10-23(27(22)32)26-13-12-19(29(37-26)42-3)15-33-16-20-7-6-14-34-20/h4-5,8-13,17,20,33-34H,6-7,14-16H2,1-3H3,(H,35,41)(H,36,39)/t20-/m0/s1. The first-order valence-corrected chi connectivity index (χ1v) is 14.1. The fourth-order valence-electron chi connectivity index (χ4n) is 5.16. The first-order valence-electron chi connectivity index (χ1n) is 13.8. The Bertz CT molecular complexity index is 1740. The highest BCUT2D eigenvalue weighted by molar-refractivity contribution is 6.36. The number of hydrogen-bond acceptors (Lipinski definition) is 7. The Kier molecular flexibility index (Phi) is 8.86. The molecule has 2 aromatic heterocycles. The van der Waals surface area contributed by atoms with Crippen LogP contribution in [0.15, 0.2) is 64.3 Å². The van der Waals surface area contributed by atoms with Crippen molar-refractivity contribution in [3.05, 3.63) is 97.3 Å². The number of nitrogens with zero attached hydrogens (tertiary/aromatic N) is 2. The smallest absolute Gasteiger partial charge is 0.328 e. The molecule has 1 fully saturated rings. The summed E-state index contributed by atoms with van der Waals surface area (Å²) >= 11 is 6.98. The lowest BCUT2D eigenvalue weighted by atomic mass is 9.96. The van der Waals surface area contributed by atoms with E-state index in [9.17, 15) is 14.4 Å². The molecule has 1 aliphatic rings. The molecule has 0 spiro atoms. The van der Waals surface area contributed by atoms with Gasteiger partial charge in [-0.3, -0.25) is 14.2 Å². The van der Waals surface area contributed by atoms with Crippen LogP contribution in [0.1, 0.15) is 34.3 Å². The van der Waals surface area contributed by atoms with Crippen LogP contribution < -0.4 is 31.9 Å². The minimum atomic E-state index is -0.684. The summed E-state index contributed by atoms with van der Waals surface area (Å²) in [5.41, 5.74) is 3.77. The van der Waals surface area contributed by atoms with Crippen LogP contribution in [0.2, 0.25) is 5.02 Å². The summed E-state index contributed by atoms with van der Waals surface area (Å²) in [7, 11) is 2.92. The summed E-state index contributed by atoms with van der Waals surface area (Å²) in [4.78, 5) is 44.2. The molecule has 2 aromatic carbocycles. The molecule has 1 amide bonds. The molecule has 1 saturated heterocycles. The summed E-state index contributed by atoms with van der Waals surface area (Å²) in [5, 5.41) is 10.3. The lowest BCUT2D eigenvalue weighted by molar-refractivity contribution is 0.102. The number of rotatable bonds is 9. The number of carbonyl (C=O) groups is 1. The van der Waals surface area contributed by atoms with E-state index in [-0.39, 0.29) is 5.56 Å². The Hall–Kier alpha value is -4.25. The van der Waals surface area contributed by atoms with E-state index in [1.165, 1.54) is 19.9 Å². The molecule has 0 aliphatic carbocycles. The van der Waals surface area contributed by atoms with Gasteiger partial charge in [0.25, 0.3) is 11.5 Å². The van der Waals surface area contributed by atoms with Crippen molar-refractivity contribution in [3.63, 3.8) is 0 Å². The summed E-state index contributed by atoms with van der Waals surface area (Å²) < 4.78 is 6.47. The van der Waals surface area contributed by atoms with Crippen LogP contribution in [0.3, 0.4) is 0 Å². The predicted molar refractivity (Wildman–Crippen MR) is 164 cm³/mol. The van der Waals surface area contributed by atoms with Crippen LogP contribution in [0.5, 0.6) is 5.88 Å². The zero-order valence-corrected chi connectivity index (χ0v) is 24.5. The van der Waals surface area contributed by atoms with Gasteiger partial charge in [0.05, 0.1) is 17.8 Å². The van der Waals surface area contributed by atoms with Crippen molar-refractivity contribution in [1.82, 2.24) is 25.2 Å². The van der Waals surface area contributed by atoms with E-state index >= 15 is 0 Å². The van der Waals surface area contributed by atoms with Gasteiger partial charge in [-0.05, 0) is 49.6 Å². The number of hydrogen-bond donors (Lipinski definition) is 4. The molecule has 3 heterocycles. The third kappa shape index (κ3) is 6.01. The number of halogens is 1. The number of anilines is 1. The quantitative estimate of drug-likeness (QED) is 0.233. The molecule has 0 bridgehead atoms. The van der Waals surface area contributed by atoms with Crippen molar-refractivity contribution < 1.29 is 9.53 Å². The number of methoxy groups -OCH3 is 1. The van der Waals surface area contributed by atoms with E-state index < -0.39 is 17.2 Å². The second-order valence-electron chi connectivity index (χ2n) is 10.3. The van der Waals surface area contributed by atoms with Crippen molar-refractivity contribution >= 4 is 23.2 Å². The molecular formula is C31H33ClN6O4. The number of amides is 1. The van der Waals surface area contributed by atoms with E-state index in [4.69, 9.17) is 21.3 Å². The van der Waals surface area contributed by atoms with Crippen LogP contribution in [0.25, 0.3) is 22.4 Å². The average molecular weight is 589 g/mol. The number of ether oxygens (including phenoxy) is 1. The third-order valence-corrected chi connectivity index (χ3v) is 7.98. The molecule has 0 unspecified atom stereocenters. The lowest BCUT2D eigenvalue weighted by Gasteiger charge is -2.16. The van der Waals surface area contributed by atoms with Gasteiger partial charge in [0.1, 0.15) is 5.56 Å². The minimum absolute atomic E-state index is 0.171. The molecule has 4 N–H and O–H groups in total. The van der Waals surface area contributed by atoms with Gasteiger partial charge in [-0.1, -0.05) is 48.0 Å². The fraction of sp³-hybridized carbons (Fsp3) is 0.290.